The van der Waals surface area contributed by atoms with E-state index in [1.165, 1.54) is 0 Å². The van der Waals surface area contributed by atoms with E-state index in [4.69, 9.17) is 0 Å². The van der Waals surface area contributed by atoms with E-state index in [9.17, 15) is 4.79 Å². The fourth-order valence-electron chi connectivity index (χ4n) is 1.69. The number of rotatable bonds is 5. The van der Waals surface area contributed by atoms with E-state index >= 15 is 0 Å². The maximum atomic E-state index is 11.8. The highest BCUT2D eigenvalue weighted by atomic mass is 32.1. The first kappa shape index (κ1) is 13.7. The van der Waals surface area contributed by atoms with Crippen LogP contribution < -0.4 is 5.32 Å². The maximum absolute atomic E-state index is 11.8. The lowest BCUT2D eigenvalue weighted by Crippen LogP contribution is -2.33. The van der Waals surface area contributed by atoms with Gasteiger partial charge >= 0.3 is 0 Å². The zero-order valence-electron chi connectivity index (χ0n) is 11.2. The number of hydrogen-bond donors (Lipinski definition) is 1. The number of hydrogen-bond acceptors (Lipinski definition) is 3. The van der Waals surface area contributed by atoms with Crippen molar-refractivity contribution in [3.63, 3.8) is 0 Å². The van der Waals surface area contributed by atoms with Gasteiger partial charge in [-0.1, -0.05) is 37.3 Å². The lowest BCUT2D eigenvalue weighted by molar-refractivity contribution is -0.121. The third-order valence-electron chi connectivity index (χ3n) is 2.93. The molecule has 1 aromatic heterocycles. The third kappa shape index (κ3) is 3.89. The Kier molecular flexibility index (Phi) is 4.68. The van der Waals surface area contributed by atoms with Gasteiger partial charge in [-0.3, -0.25) is 4.79 Å². The summed E-state index contributed by atoms with van der Waals surface area (Å²) in [6.45, 7) is 4.07. The minimum absolute atomic E-state index is 0.0410. The number of aromatic nitrogens is 1. The standard InChI is InChI=1S/C15H18N2OS/c1-3-11(2)16-14(18)9-13-10-19-15(17-13)12-7-5-4-6-8-12/h4-8,10-11H,3,9H2,1-2H3,(H,16,18)/t11-/m0/s1. The molecular weight excluding hydrogens is 256 g/mol. The van der Waals surface area contributed by atoms with Crippen molar-refractivity contribution in [2.75, 3.05) is 0 Å². The lowest BCUT2D eigenvalue weighted by atomic mass is 10.2. The summed E-state index contributed by atoms with van der Waals surface area (Å²) >= 11 is 1.58. The number of nitrogens with one attached hydrogen (secondary N) is 1. The summed E-state index contributed by atoms with van der Waals surface area (Å²) in [6.07, 6.45) is 1.30. The normalized spacial score (nSPS) is 12.1. The Morgan fingerprint density at radius 1 is 1.37 bits per heavy atom. The van der Waals surface area contributed by atoms with Crippen LogP contribution in [0.1, 0.15) is 26.0 Å². The Morgan fingerprint density at radius 2 is 2.11 bits per heavy atom. The molecule has 0 fully saturated rings. The molecule has 19 heavy (non-hydrogen) atoms. The van der Waals surface area contributed by atoms with Crippen LogP contribution in [-0.4, -0.2) is 16.9 Å². The molecule has 0 bridgehead atoms. The molecule has 100 valence electrons. The Hall–Kier alpha value is -1.68. The maximum Gasteiger partial charge on any atom is 0.226 e. The summed E-state index contributed by atoms with van der Waals surface area (Å²) in [5.41, 5.74) is 1.94. The number of benzene rings is 1. The van der Waals surface area contributed by atoms with Crippen LogP contribution in [0.25, 0.3) is 10.6 Å². The summed E-state index contributed by atoms with van der Waals surface area (Å²) in [7, 11) is 0. The average Bonchev–Trinajstić information content (AvgIpc) is 2.88. The zero-order valence-corrected chi connectivity index (χ0v) is 12.0. The molecule has 2 rings (SSSR count). The van der Waals surface area contributed by atoms with Crippen LogP contribution in [-0.2, 0) is 11.2 Å². The van der Waals surface area contributed by atoms with E-state index in [0.717, 1.165) is 22.7 Å². The molecule has 0 unspecified atom stereocenters. The van der Waals surface area contributed by atoms with Crippen molar-refractivity contribution in [2.45, 2.75) is 32.7 Å². The molecule has 1 aromatic carbocycles. The molecule has 0 aliphatic heterocycles. The number of carbonyl (C=O) groups is 1. The molecule has 1 heterocycles. The first-order chi connectivity index (χ1) is 9.19. The SMILES string of the molecule is CC[C@H](C)NC(=O)Cc1csc(-c2ccccc2)n1. The Balaban J connectivity index is 2.00. The van der Waals surface area contributed by atoms with Crippen LogP contribution in [0.15, 0.2) is 35.7 Å². The Morgan fingerprint density at radius 3 is 2.79 bits per heavy atom. The van der Waals surface area contributed by atoms with Crippen LogP contribution in [0.3, 0.4) is 0 Å². The predicted molar refractivity (Wildman–Crippen MR) is 79.1 cm³/mol. The molecule has 0 saturated carbocycles. The zero-order chi connectivity index (χ0) is 13.7. The first-order valence-corrected chi connectivity index (χ1v) is 7.36. The number of thiazole rings is 1. The average molecular weight is 274 g/mol. The van der Waals surface area contributed by atoms with Gasteiger partial charge in [-0.05, 0) is 13.3 Å². The minimum atomic E-state index is 0.0410. The molecule has 1 amide bonds. The van der Waals surface area contributed by atoms with Gasteiger partial charge in [0, 0.05) is 17.0 Å². The highest BCUT2D eigenvalue weighted by molar-refractivity contribution is 7.13. The molecular formula is C15H18N2OS. The van der Waals surface area contributed by atoms with Crippen molar-refractivity contribution in [2.24, 2.45) is 0 Å². The van der Waals surface area contributed by atoms with Gasteiger partial charge in [0.2, 0.25) is 5.91 Å². The predicted octanol–water partition coefficient (Wildman–Crippen LogP) is 3.27. The van der Waals surface area contributed by atoms with Crippen LogP contribution in [0.4, 0.5) is 0 Å². The summed E-state index contributed by atoms with van der Waals surface area (Å²) in [4.78, 5) is 16.3. The molecule has 3 nitrogen and oxygen atoms in total. The number of amides is 1. The number of nitrogens with zero attached hydrogens (tertiary/aromatic N) is 1. The van der Waals surface area contributed by atoms with E-state index in [1.807, 2.05) is 42.6 Å². The second kappa shape index (κ2) is 6.48. The van der Waals surface area contributed by atoms with Crippen LogP contribution in [0.5, 0.6) is 0 Å². The van der Waals surface area contributed by atoms with Gasteiger partial charge in [-0.25, -0.2) is 4.98 Å². The molecule has 4 heteroatoms. The van der Waals surface area contributed by atoms with E-state index in [0.29, 0.717) is 6.42 Å². The molecule has 1 atom stereocenters. The number of carbonyl (C=O) groups excluding carboxylic acids is 1. The van der Waals surface area contributed by atoms with Crippen molar-refractivity contribution in [1.82, 2.24) is 10.3 Å². The van der Waals surface area contributed by atoms with Gasteiger partial charge in [0.25, 0.3) is 0 Å². The second-order valence-electron chi connectivity index (χ2n) is 4.56. The monoisotopic (exact) mass is 274 g/mol. The van der Waals surface area contributed by atoms with E-state index < -0.39 is 0 Å². The van der Waals surface area contributed by atoms with Crippen LogP contribution in [0.2, 0.25) is 0 Å². The van der Waals surface area contributed by atoms with E-state index in [-0.39, 0.29) is 11.9 Å². The van der Waals surface area contributed by atoms with Gasteiger partial charge in [-0.15, -0.1) is 11.3 Å². The second-order valence-corrected chi connectivity index (χ2v) is 5.42. The Bertz CT molecular complexity index is 536. The molecule has 1 N–H and O–H groups in total. The van der Waals surface area contributed by atoms with Gasteiger partial charge in [-0.2, -0.15) is 0 Å². The van der Waals surface area contributed by atoms with Crippen molar-refractivity contribution in [1.29, 1.82) is 0 Å². The molecule has 0 spiro atoms. The fraction of sp³-hybridized carbons (Fsp3) is 0.333. The molecule has 0 saturated heterocycles. The lowest BCUT2D eigenvalue weighted by Gasteiger charge is -2.10. The van der Waals surface area contributed by atoms with Gasteiger partial charge in [0.15, 0.2) is 0 Å². The summed E-state index contributed by atoms with van der Waals surface area (Å²) in [6, 6.07) is 10.2. The van der Waals surface area contributed by atoms with Crippen molar-refractivity contribution in [3.05, 3.63) is 41.4 Å². The molecule has 0 radical (unpaired) electrons. The highest BCUT2D eigenvalue weighted by Crippen LogP contribution is 2.23. The fourth-order valence-corrected chi connectivity index (χ4v) is 2.52. The van der Waals surface area contributed by atoms with Crippen LogP contribution in [0, 0.1) is 0 Å². The summed E-state index contributed by atoms with van der Waals surface area (Å²) in [5, 5.41) is 5.87. The molecule has 2 aromatic rings. The Labute approximate surface area is 117 Å². The van der Waals surface area contributed by atoms with E-state index in [1.54, 1.807) is 11.3 Å². The van der Waals surface area contributed by atoms with Gasteiger partial charge in [0.05, 0.1) is 12.1 Å². The van der Waals surface area contributed by atoms with Crippen LogP contribution >= 0.6 is 11.3 Å². The van der Waals surface area contributed by atoms with Gasteiger partial charge in [0.1, 0.15) is 5.01 Å². The minimum Gasteiger partial charge on any atom is -0.353 e. The van der Waals surface area contributed by atoms with Crippen molar-refractivity contribution < 1.29 is 4.79 Å². The summed E-state index contributed by atoms with van der Waals surface area (Å²) < 4.78 is 0. The third-order valence-corrected chi connectivity index (χ3v) is 3.87. The van der Waals surface area contributed by atoms with Crippen molar-refractivity contribution in [3.8, 4) is 10.6 Å². The topological polar surface area (TPSA) is 42.0 Å². The van der Waals surface area contributed by atoms with Gasteiger partial charge < -0.3 is 5.32 Å². The highest BCUT2D eigenvalue weighted by Gasteiger charge is 2.10. The molecule has 0 aliphatic carbocycles. The smallest absolute Gasteiger partial charge is 0.226 e. The largest absolute Gasteiger partial charge is 0.353 e. The quantitative estimate of drug-likeness (QED) is 0.909. The van der Waals surface area contributed by atoms with Crippen molar-refractivity contribution >= 4 is 17.2 Å². The molecule has 0 aliphatic rings. The first-order valence-electron chi connectivity index (χ1n) is 6.48. The summed E-state index contributed by atoms with van der Waals surface area (Å²) in [5.74, 6) is 0.0410. The van der Waals surface area contributed by atoms with E-state index in [2.05, 4.69) is 17.2 Å².